The summed E-state index contributed by atoms with van der Waals surface area (Å²) in [5.74, 6) is 0.265. The minimum absolute atomic E-state index is 0.322. The van der Waals surface area contributed by atoms with Crippen molar-refractivity contribution in [3.05, 3.63) is 89.6 Å². The molecular weight excluding hydrogens is 446 g/mol. The number of hydrogen-bond donors (Lipinski definition) is 1. The lowest BCUT2D eigenvalue weighted by molar-refractivity contribution is 0.0600. The Kier molecular flexibility index (Phi) is 6.82. The van der Waals surface area contributed by atoms with Gasteiger partial charge in [0.05, 0.1) is 38.1 Å². The second kappa shape index (κ2) is 10.1. The van der Waals surface area contributed by atoms with Gasteiger partial charge < -0.3 is 19.5 Å². The number of para-hydroxylation sites is 1. The maximum atomic E-state index is 13.6. The van der Waals surface area contributed by atoms with Crippen LogP contribution in [0.4, 0.5) is 5.69 Å². The Balaban J connectivity index is 1.82. The molecule has 178 valence electrons. The third-order valence-corrected chi connectivity index (χ3v) is 5.55. The molecule has 0 unspecified atom stereocenters. The summed E-state index contributed by atoms with van der Waals surface area (Å²) in [6.07, 6.45) is 1.67. The number of nitrogens with zero attached hydrogens (tertiary/aromatic N) is 2. The van der Waals surface area contributed by atoms with Crippen LogP contribution in [0.1, 0.15) is 26.3 Å². The first-order chi connectivity index (χ1) is 16.9. The Morgan fingerprint density at radius 2 is 1.69 bits per heavy atom. The molecule has 1 amide bonds. The number of benzene rings is 3. The van der Waals surface area contributed by atoms with Gasteiger partial charge >= 0.3 is 5.97 Å². The van der Waals surface area contributed by atoms with Crippen molar-refractivity contribution >= 4 is 17.6 Å². The molecule has 0 aliphatic carbocycles. The molecule has 4 rings (SSSR count). The van der Waals surface area contributed by atoms with E-state index in [0.29, 0.717) is 39.6 Å². The number of aromatic nitrogens is 2. The minimum Gasteiger partial charge on any atom is -0.497 e. The van der Waals surface area contributed by atoms with Gasteiger partial charge in [0.15, 0.2) is 0 Å². The number of aryl methyl sites for hydroxylation is 1. The molecule has 0 fully saturated rings. The normalized spacial score (nSPS) is 10.5. The molecule has 1 N–H and O–H groups in total. The summed E-state index contributed by atoms with van der Waals surface area (Å²) in [5.41, 5.74) is 3.76. The van der Waals surface area contributed by atoms with Gasteiger partial charge in [0.2, 0.25) is 0 Å². The van der Waals surface area contributed by atoms with Crippen LogP contribution in [0.3, 0.4) is 0 Å². The van der Waals surface area contributed by atoms with E-state index >= 15 is 0 Å². The molecule has 0 radical (unpaired) electrons. The highest BCUT2D eigenvalue weighted by atomic mass is 16.5. The van der Waals surface area contributed by atoms with Crippen molar-refractivity contribution in [2.24, 2.45) is 0 Å². The molecule has 0 saturated heterocycles. The Hall–Kier alpha value is -4.59. The summed E-state index contributed by atoms with van der Waals surface area (Å²) in [6.45, 7) is 1.84. The summed E-state index contributed by atoms with van der Waals surface area (Å²) in [5, 5.41) is 7.64. The van der Waals surface area contributed by atoms with E-state index in [2.05, 4.69) is 5.32 Å². The summed E-state index contributed by atoms with van der Waals surface area (Å²) >= 11 is 0. The molecule has 0 bridgehead atoms. The highest BCUT2D eigenvalue weighted by Gasteiger charge is 2.23. The van der Waals surface area contributed by atoms with Crippen LogP contribution in [0.15, 0.2) is 72.9 Å². The molecule has 35 heavy (non-hydrogen) atoms. The number of rotatable bonds is 7. The average Bonchev–Trinajstić information content (AvgIpc) is 3.35. The third kappa shape index (κ3) is 4.86. The average molecular weight is 472 g/mol. The quantitative estimate of drug-likeness (QED) is 0.386. The second-order valence-electron chi connectivity index (χ2n) is 7.71. The fourth-order valence-corrected chi connectivity index (χ4v) is 3.64. The maximum absolute atomic E-state index is 13.6. The molecule has 3 aromatic carbocycles. The second-order valence-corrected chi connectivity index (χ2v) is 7.71. The molecule has 8 heteroatoms. The fourth-order valence-electron chi connectivity index (χ4n) is 3.64. The molecule has 0 aliphatic heterocycles. The lowest BCUT2D eigenvalue weighted by atomic mass is 10.1. The summed E-state index contributed by atoms with van der Waals surface area (Å²) < 4.78 is 17.4. The molecule has 8 nitrogen and oxygen atoms in total. The van der Waals surface area contributed by atoms with Crippen molar-refractivity contribution in [2.45, 2.75) is 6.92 Å². The van der Waals surface area contributed by atoms with E-state index in [9.17, 15) is 9.59 Å². The SMILES string of the molecule is COC(=O)c1ccc(C)c(NC(=O)c2cn(-c3ccccc3)nc2-c2cc(OC)ccc2OC)c1. The topological polar surface area (TPSA) is 91.7 Å². The zero-order valence-corrected chi connectivity index (χ0v) is 19.9. The molecule has 4 aromatic rings. The fraction of sp³-hybridized carbons (Fsp3) is 0.148. The van der Waals surface area contributed by atoms with Gasteiger partial charge in [-0.25, -0.2) is 9.48 Å². The van der Waals surface area contributed by atoms with E-state index in [1.165, 1.54) is 7.11 Å². The van der Waals surface area contributed by atoms with Gasteiger partial charge in [0.25, 0.3) is 5.91 Å². The molecule has 0 saturated carbocycles. The van der Waals surface area contributed by atoms with Crippen molar-refractivity contribution < 1.29 is 23.8 Å². The van der Waals surface area contributed by atoms with Gasteiger partial charge in [0, 0.05) is 17.4 Å². The van der Waals surface area contributed by atoms with Gasteiger partial charge in [-0.15, -0.1) is 0 Å². The van der Waals surface area contributed by atoms with E-state index in [0.717, 1.165) is 11.3 Å². The van der Waals surface area contributed by atoms with Gasteiger partial charge in [-0.05, 0) is 55.0 Å². The molecule has 0 aliphatic rings. The number of hydrogen-bond acceptors (Lipinski definition) is 6. The highest BCUT2D eigenvalue weighted by Crippen LogP contribution is 2.35. The van der Waals surface area contributed by atoms with Crippen molar-refractivity contribution in [3.8, 4) is 28.4 Å². The molecule has 1 heterocycles. The summed E-state index contributed by atoms with van der Waals surface area (Å²) in [6, 6.07) is 19.8. The van der Waals surface area contributed by atoms with Crippen LogP contribution in [0.5, 0.6) is 11.5 Å². The van der Waals surface area contributed by atoms with E-state index < -0.39 is 11.9 Å². The van der Waals surface area contributed by atoms with Crippen LogP contribution in [0.25, 0.3) is 16.9 Å². The number of amides is 1. The molecule has 0 spiro atoms. The minimum atomic E-state index is -0.487. The van der Waals surface area contributed by atoms with Gasteiger partial charge in [-0.1, -0.05) is 24.3 Å². The van der Waals surface area contributed by atoms with Crippen LogP contribution in [-0.4, -0.2) is 43.0 Å². The molecular formula is C27H25N3O5. The Labute approximate surface area is 203 Å². The number of ether oxygens (including phenoxy) is 3. The largest absolute Gasteiger partial charge is 0.497 e. The third-order valence-electron chi connectivity index (χ3n) is 5.55. The Bertz CT molecular complexity index is 1380. The van der Waals surface area contributed by atoms with Crippen molar-refractivity contribution in [3.63, 3.8) is 0 Å². The van der Waals surface area contributed by atoms with Crippen molar-refractivity contribution in [1.29, 1.82) is 0 Å². The monoisotopic (exact) mass is 471 g/mol. The van der Waals surface area contributed by atoms with Crippen LogP contribution in [0, 0.1) is 6.92 Å². The van der Waals surface area contributed by atoms with Crippen LogP contribution >= 0.6 is 0 Å². The summed E-state index contributed by atoms with van der Waals surface area (Å²) in [4.78, 5) is 25.5. The number of carbonyl (C=O) groups is 2. The first-order valence-electron chi connectivity index (χ1n) is 10.8. The lowest BCUT2D eigenvalue weighted by Gasteiger charge is -2.12. The first kappa shape index (κ1) is 23.6. The number of esters is 1. The van der Waals surface area contributed by atoms with Gasteiger partial charge in [-0.2, -0.15) is 5.10 Å². The Morgan fingerprint density at radius 3 is 2.37 bits per heavy atom. The lowest BCUT2D eigenvalue weighted by Crippen LogP contribution is -2.14. The predicted molar refractivity (Wildman–Crippen MR) is 133 cm³/mol. The van der Waals surface area contributed by atoms with E-state index in [1.807, 2.05) is 37.3 Å². The van der Waals surface area contributed by atoms with E-state index in [4.69, 9.17) is 19.3 Å². The Morgan fingerprint density at radius 1 is 0.914 bits per heavy atom. The van der Waals surface area contributed by atoms with E-state index in [1.54, 1.807) is 61.5 Å². The zero-order chi connectivity index (χ0) is 24.9. The smallest absolute Gasteiger partial charge is 0.337 e. The number of carbonyl (C=O) groups excluding carboxylic acids is 2. The highest BCUT2D eigenvalue weighted by molar-refractivity contribution is 6.09. The number of methoxy groups -OCH3 is 3. The van der Waals surface area contributed by atoms with Crippen LogP contribution in [0.2, 0.25) is 0 Å². The number of anilines is 1. The van der Waals surface area contributed by atoms with Crippen LogP contribution in [-0.2, 0) is 4.74 Å². The standard InChI is InChI=1S/C27H25N3O5/c1-17-10-11-18(27(32)35-4)14-23(17)28-26(31)22-16-30(19-8-6-5-7-9-19)29-25(22)21-15-20(33-2)12-13-24(21)34-3/h5-16H,1-4H3,(H,28,31). The first-order valence-corrected chi connectivity index (χ1v) is 10.8. The van der Waals surface area contributed by atoms with E-state index in [-0.39, 0.29) is 0 Å². The van der Waals surface area contributed by atoms with Crippen molar-refractivity contribution in [2.75, 3.05) is 26.6 Å². The van der Waals surface area contributed by atoms with Crippen molar-refractivity contribution in [1.82, 2.24) is 9.78 Å². The van der Waals surface area contributed by atoms with Gasteiger partial charge in [0.1, 0.15) is 17.2 Å². The van der Waals surface area contributed by atoms with Gasteiger partial charge in [-0.3, -0.25) is 4.79 Å². The van der Waals surface area contributed by atoms with Crippen LogP contribution < -0.4 is 14.8 Å². The number of nitrogens with one attached hydrogen (secondary N) is 1. The molecule has 1 aromatic heterocycles. The summed E-state index contributed by atoms with van der Waals surface area (Å²) in [7, 11) is 4.44. The predicted octanol–water partition coefficient (Wildman–Crippen LogP) is 4.90. The maximum Gasteiger partial charge on any atom is 0.337 e. The zero-order valence-electron chi connectivity index (χ0n) is 19.9. The molecule has 0 atom stereocenters.